The fourth-order valence-electron chi connectivity index (χ4n) is 2.64. The smallest absolute Gasteiger partial charge is 0.176 e. The van der Waals surface area contributed by atoms with E-state index in [-0.39, 0.29) is 5.78 Å². The molecule has 1 N–H and O–H groups in total. The van der Waals surface area contributed by atoms with E-state index in [2.05, 4.69) is 24.1 Å². The molecule has 1 aliphatic rings. The van der Waals surface area contributed by atoms with E-state index < -0.39 is 0 Å². The number of ether oxygens (including phenoxy) is 1. The molecule has 0 bridgehead atoms. The van der Waals surface area contributed by atoms with Gasteiger partial charge in [-0.2, -0.15) is 0 Å². The normalized spacial score (nSPS) is 13.4. The molecular formula is C18H28N2O2. The predicted molar refractivity (Wildman–Crippen MR) is 91.0 cm³/mol. The number of carbonyl (C=O) groups is 1. The molecule has 0 aromatic heterocycles. The number of hydrogen-bond acceptors (Lipinski definition) is 4. The number of Topliss-reactive ketones (excluding diaryl/α,β-unsaturated/α-hetero) is 1. The standard InChI is InChI=1S/C18H28N2O2/c1-3-5-10-20(11-6-4-2)14-17(21)15-7-8-18-16(13-15)19-9-12-22-18/h7-8,13,19H,3-6,9-12,14H2,1-2H3. The zero-order valence-electron chi connectivity index (χ0n) is 13.9. The summed E-state index contributed by atoms with van der Waals surface area (Å²) >= 11 is 0. The summed E-state index contributed by atoms with van der Waals surface area (Å²) in [5.74, 6) is 1.04. The number of unbranched alkanes of at least 4 members (excludes halogenated alkanes) is 2. The van der Waals surface area contributed by atoms with Crippen molar-refractivity contribution in [2.24, 2.45) is 0 Å². The lowest BCUT2D eigenvalue weighted by molar-refractivity contribution is 0.0928. The van der Waals surface area contributed by atoms with Crippen molar-refractivity contribution in [3.63, 3.8) is 0 Å². The first-order valence-corrected chi connectivity index (χ1v) is 8.50. The van der Waals surface area contributed by atoms with E-state index in [0.717, 1.165) is 62.3 Å². The number of nitrogens with zero attached hydrogens (tertiary/aromatic N) is 1. The van der Waals surface area contributed by atoms with Crippen molar-refractivity contribution in [3.05, 3.63) is 23.8 Å². The largest absolute Gasteiger partial charge is 0.490 e. The van der Waals surface area contributed by atoms with Crippen LogP contribution in [-0.2, 0) is 0 Å². The average Bonchev–Trinajstić information content (AvgIpc) is 2.56. The lowest BCUT2D eigenvalue weighted by atomic mass is 10.1. The molecular weight excluding hydrogens is 276 g/mol. The molecule has 1 aromatic carbocycles. The zero-order chi connectivity index (χ0) is 15.8. The van der Waals surface area contributed by atoms with Crippen molar-refractivity contribution in [2.45, 2.75) is 39.5 Å². The van der Waals surface area contributed by atoms with Gasteiger partial charge in [0.05, 0.1) is 12.2 Å². The highest BCUT2D eigenvalue weighted by molar-refractivity contribution is 5.98. The third kappa shape index (κ3) is 4.73. The van der Waals surface area contributed by atoms with Gasteiger partial charge in [0, 0.05) is 12.1 Å². The molecule has 0 unspecified atom stereocenters. The van der Waals surface area contributed by atoms with Crippen molar-refractivity contribution in [3.8, 4) is 5.75 Å². The second-order valence-corrected chi connectivity index (χ2v) is 5.89. The van der Waals surface area contributed by atoms with Crippen LogP contribution in [0.4, 0.5) is 5.69 Å². The van der Waals surface area contributed by atoms with Crippen molar-refractivity contribution in [1.82, 2.24) is 4.90 Å². The van der Waals surface area contributed by atoms with Crippen molar-refractivity contribution >= 4 is 11.5 Å². The molecule has 0 spiro atoms. The minimum Gasteiger partial charge on any atom is -0.490 e. The number of benzene rings is 1. The monoisotopic (exact) mass is 304 g/mol. The quantitative estimate of drug-likeness (QED) is 0.708. The predicted octanol–water partition coefficient (Wildman–Crippen LogP) is 3.58. The zero-order valence-corrected chi connectivity index (χ0v) is 13.9. The van der Waals surface area contributed by atoms with E-state index in [1.54, 1.807) is 0 Å². The molecule has 0 aliphatic carbocycles. The molecule has 0 saturated carbocycles. The van der Waals surface area contributed by atoms with Crippen molar-refractivity contribution in [2.75, 3.05) is 38.1 Å². The van der Waals surface area contributed by atoms with Crippen LogP contribution in [0.5, 0.6) is 5.75 Å². The van der Waals surface area contributed by atoms with E-state index in [0.29, 0.717) is 13.2 Å². The number of carbonyl (C=O) groups excluding carboxylic acids is 1. The summed E-state index contributed by atoms with van der Waals surface area (Å²) < 4.78 is 5.56. The van der Waals surface area contributed by atoms with Crippen molar-refractivity contribution in [1.29, 1.82) is 0 Å². The van der Waals surface area contributed by atoms with E-state index >= 15 is 0 Å². The molecule has 0 atom stereocenters. The highest BCUT2D eigenvalue weighted by Crippen LogP contribution is 2.28. The van der Waals surface area contributed by atoms with Gasteiger partial charge in [-0.15, -0.1) is 0 Å². The second-order valence-electron chi connectivity index (χ2n) is 5.89. The van der Waals surface area contributed by atoms with Gasteiger partial charge in [-0.05, 0) is 44.1 Å². The van der Waals surface area contributed by atoms with Gasteiger partial charge >= 0.3 is 0 Å². The number of anilines is 1. The molecule has 1 aliphatic heterocycles. The number of fused-ring (bicyclic) bond motifs is 1. The molecule has 122 valence electrons. The third-order valence-corrected chi connectivity index (χ3v) is 4.00. The summed E-state index contributed by atoms with van der Waals surface area (Å²) in [7, 11) is 0. The second kappa shape index (κ2) is 8.79. The first-order valence-electron chi connectivity index (χ1n) is 8.50. The van der Waals surface area contributed by atoms with Crippen molar-refractivity contribution < 1.29 is 9.53 Å². The third-order valence-electron chi connectivity index (χ3n) is 4.00. The van der Waals surface area contributed by atoms with Gasteiger partial charge < -0.3 is 10.1 Å². The molecule has 22 heavy (non-hydrogen) atoms. The molecule has 4 heteroatoms. The van der Waals surface area contributed by atoms with E-state index in [9.17, 15) is 4.79 Å². The van der Waals surface area contributed by atoms with E-state index in [1.165, 1.54) is 0 Å². The summed E-state index contributed by atoms with van der Waals surface area (Å²) in [5.41, 5.74) is 1.71. The number of rotatable bonds is 9. The minimum absolute atomic E-state index is 0.197. The van der Waals surface area contributed by atoms with Crippen LogP contribution < -0.4 is 10.1 Å². The Morgan fingerprint density at radius 1 is 1.23 bits per heavy atom. The SMILES string of the molecule is CCCCN(CCCC)CC(=O)c1ccc2c(c1)NCCO2. The maximum Gasteiger partial charge on any atom is 0.176 e. The van der Waals surface area contributed by atoms with Gasteiger partial charge in [0.2, 0.25) is 0 Å². The van der Waals surface area contributed by atoms with Crippen LogP contribution in [0, 0.1) is 0 Å². The van der Waals surface area contributed by atoms with Gasteiger partial charge in [0.15, 0.2) is 5.78 Å². The maximum absolute atomic E-state index is 12.6. The summed E-state index contributed by atoms with van der Waals surface area (Å²) in [6.07, 6.45) is 4.63. The molecule has 1 heterocycles. The Hall–Kier alpha value is -1.55. The fourth-order valence-corrected chi connectivity index (χ4v) is 2.64. The lowest BCUT2D eigenvalue weighted by Crippen LogP contribution is -2.32. The Morgan fingerprint density at radius 3 is 2.64 bits per heavy atom. The van der Waals surface area contributed by atoms with Crippen LogP contribution in [0.15, 0.2) is 18.2 Å². The van der Waals surface area contributed by atoms with Gasteiger partial charge in [0.1, 0.15) is 12.4 Å². The Bertz CT molecular complexity index is 480. The van der Waals surface area contributed by atoms with Crippen LogP contribution in [0.25, 0.3) is 0 Å². The minimum atomic E-state index is 0.197. The molecule has 0 fully saturated rings. The first-order chi connectivity index (χ1) is 10.7. The number of nitrogens with one attached hydrogen (secondary N) is 1. The Balaban J connectivity index is 1.99. The Kier molecular flexibility index (Phi) is 6.72. The molecule has 2 rings (SSSR count). The van der Waals surface area contributed by atoms with Gasteiger partial charge in [-0.3, -0.25) is 9.69 Å². The Labute approximate surface area is 133 Å². The summed E-state index contributed by atoms with van der Waals surface area (Å²) in [6.45, 7) is 8.39. The Morgan fingerprint density at radius 2 is 1.95 bits per heavy atom. The van der Waals surface area contributed by atoms with Gasteiger partial charge in [0.25, 0.3) is 0 Å². The molecule has 4 nitrogen and oxygen atoms in total. The molecule has 0 saturated heterocycles. The van der Waals surface area contributed by atoms with Crippen LogP contribution >= 0.6 is 0 Å². The lowest BCUT2D eigenvalue weighted by Gasteiger charge is -2.22. The van der Waals surface area contributed by atoms with Gasteiger partial charge in [-0.25, -0.2) is 0 Å². The van der Waals surface area contributed by atoms with E-state index in [4.69, 9.17) is 4.74 Å². The fraction of sp³-hybridized carbons (Fsp3) is 0.611. The number of ketones is 1. The first kappa shape index (κ1) is 16.8. The number of hydrogen-bond donors (Lipinski definition) is 1. The van der Waals surface area contributed by atoms with Crippen LogP contribution in [0.1, 0.15) is 49.9 Å². The molecule has 0 amide bonds. The average molecular weight is 304 g/mol. The topological polar surface area (TPSA) is 41.6 Å². The highest BCUT2D eigenvalue weighted by atomic mass is 16.5. The summed E-state index contributed by atoms with van der Waals surface area (Å²) in [6, 6.07) is 5.71. The summed E-state index contributed by atoms with van der Waals surface area (Å²) in [5, 5.41) is 3.29. The highest BCUT2D eigenvalue weighted by Gasteiger charge is 2.16. The van der Waals surface area contributed by atoms with Crippen LogP contribution in [0.2, 0.25) is 0 Å². The molecule has 0 radical (unpaired) electrons. The van der Waals surface area contributed by atoms with Crippen LogP contribution in [-0.4, -0.2) is 43.5 Å². The van der Waals surface area contributed by atoms with Gasteiger partial charge in [-0.1, -0.05) is 26.7 Å². The summed E-state index contributed by atoms with van der Waals surface area (Å²) in [4.78, 5) is 14.8. The maximum atomic E-state index is 12.6. The molecule has 1 aromatic rings. The van der Waals surface area contributed by atoms with E-state index in [1.807, 2.05) is 18.2 Å². The van der Waals surface area contributed by atoms with Crippen LogP contribution in [0.3, 0.4) is 0 Å².